The Hall–Kier alpha value is -2.58. The number of aromatic nitrogens is 2. The SMILES string of the molecule is Cc1cc(NC[C@@H](C2CC2)N(C)C)n2c(nc3ccccc32)c1C#N. The van der Waals surface area contributed by atoms with E-state index in [2.05, 4.69) is 46.9 Å². The number of aryl methyl sites for hydroxylation is 1. The molecule has 5 nitrogen and oxygen atoms in total. The molecule has 1 aliphatic carbocycles. The van der Waals surface area contributed by atoms with E-state index in [4.69, 9.17) is 4.98 Å². The number of anilines is 1. The van der Waals surface area contributed by atoms with Crippen molar-refractivity contribution in [2.75, 3.05) is 26.0 Å². The number of imidazole rings is 1. The molecule has 25 heavy (non-hydrogen) atoms. The summed E-state index contributed by atoms with van der Waals surface area (Å²) in [5.41, 5.74) is 4.29. The van der Waals surface area contributed by atoms with E-state index in [-0.39, 0.29) is 0 Å². The van der Waals surface area contributed by atoms with E-state index >= 15 is 0 Å². The molecule has 0 saturated heterocycles. The van der Waals surface area contributed by atoms with Gasteiger partial charge in [-0.25, -0.2) is 4.98 Å². The molecule has 1 aromatic carbocycles. The number of para-hydroxylation sites is 2. The molecule has 2 aromatic heterocycles. The predicted molar refractivity (Wildman–Crippen MR) is 101 cm³/mol. The van der Waals surface area contributed by atoms with E-state index in [1.807, 2.05) is 25.1 Å². The van der Waals surface area contributed by atoms with Crippen LogP contribution in [0.3, 0.4) is 0 Å². The summed E-state index contributed by atoms with van der Waals surface area (Å²) in [6, 6.07) is 13.0. The number of nitrogens with zero attached hydrogens (tertiary/aromatic N) is 4. The fraction of sp³-hybridized carbons (Fsp3) is 0.400. The van der Waals surface area contributed by atoms with Crippen molar-refractivity contribution < 1.29 is 0 Å². The molecule has 0 amide bonds. The first-order valence-electron chi connectivity index (χ1n) is 8.81. The van der Waals surface area contributed by atoms with Crippen LogP contribution < -0.4 is 5.32 Å². The highest BCUT2D eigenvalue weighted by Gasteiger charge is 2.32. The van der Waals surface area contributed by atoms with Crippen molar-refractivity contribution in [3.8, 4) is 6.07 Å². The van der Waals surface area contributed by atoms with Gasteiger partial charge in [0.25, 0.3) is 0 Å². The van der Waals surface area contributed by atoms with E-state index in [1.165, 1.54) is 12.8 Å². The minimum Gasteiger partial charge on any atom is -0.370 e. The largest absolute Gasteiger partial charge is 0.370 e. The molecule has 0 bridgehead atoms. The number of pyridine rings is 1. The van der Waals surface area contributed by atoms with Crippen LogP contribution in [0.1, 0.15) is 24.0 Å². The molecule has 0 spiro atoms. The lowest BCUT2D eigenvalue weighted by molar-refractivity contribution is 0.276. The lowest BCUT2D eigenvalue weighted by atomic mass is 10.1. The monoisotopic (exact) mass is 333 g/mol. The maximum Gasteiger partial charge on any atom is 0.157 e. The van der Waals surface area contributed by atoms with Gasteiger partial charge >= 0.3 is 0 Å². The Balaban J connectivity index is 1.81. The van der Waals surface area contributed by atoms with Gasteiger partial charge in [-0.2, -0.15) is 5.26 Å². The lowest BCUT2D eigenvalue weighted by Crippen LogP contribution is -2.36. The highest BCUT2D eigenvalue weighted by Crippen LogP contribution is 2.35. The van der Waals surface area contributed by atoms with Crippen molar-refractivity contribution >= 4 is 22.5 Å². The summed E-state index contributed by atoms with van der Waals surface area (Å²) < 4.78 is 2.08. The van der Waals surface area contributed by atoms with Crippen molar-refractivity contribution in [3.63, 3.8) is 0 Å². The summed E-state index contributed by atoms with van der Waals surface area (Å²) in [4.78, 5) is 7.02. The van der Waals surface area contributed by atoms with Gasteiger partial charge in [0.2, 0.25) is 0 Å². The molecule has 1 aliphatic rings. The fourth-order valence-corrected chi connectivity index (χ4v) is 3.68. The number of benzene rings is 1. The van der Waals surface area contributed by atoms with Gasteiger partial charge in [0.1, 0.15) is 11.9 Å². The summed E-state index contributed by atoms with van der Waals surface area (Å²) in [5.74, 6) is 1.80. The van der Waals surface area contributed by atoms with E-state index in [1.54, 1.807) is 0 Å². The van der Waals surface area contributed by atoms with Gasteiger partial charge < -0.3 is 10.2 Å². The second-order valence-electron chi connectivity index (χ2n) is 7.21. The average Bonchev–Trinajstić information content (AvgIpc) is 3.34. The maximum atomic E-state index is 9.57. The summed E-state index contributed by atoms with van der Waals surface area (Å²) >= 11 is 0. The minimum atomic E-state index is 0.529. The third-order valence-corrected chi connectivity index (χ3v) is 5.21. The van der Waals surface area contributed by atoms with E-state index in [0.717, 1.165) is 40.5 Å². The zero-order chi connectivity index (χ0) is 17.6. The molecule has 0 unspecified atom stereocenters. The van der Waals surface area contributed by atoms with Crippen molar-refractivity contribution in [1.82, 2.24) is 14.3 Å². The minimum absolute atomic E-state index is 0.529. The number of nitrogens with one attached hydrogen (secondary N) is 1. The summed E-state index contributed by atoms with van der Waals surface area (Å²) in [6.45, 7) is 2.87. The van der Waals surface area contributed by atoms with Crippen LogP contribution in [0.2, 0.25) is 0 Å². The van der Waals surface area contributed by atoms with Gasteiger partial charge in [0.05, 0.1) is 16.6 Å². The third kappa shape index (κ3) is 2.73. The predicted octanol–water partition coefficient (Wildman–Crippen LogP) is 3.42. The van der Waals surface area contributed by atoms with Crippen LogP contribution in [0.5, 0.6) is 0 Å². The smallest absolute Gasteiger partial charge is 0.157 e. The maximum absolute atomic E-state index is 9.57. The molecule has 2 heterocycles. The molecule has 3 aromatic rings. The standard InChI is InChI=1S/C20H23N5/c1-13-10-19(22-12-18(24(2)3)14-8-9-14)25-17-7-5-4-6-16(17)23-20(25)15(13)11-21/h4-7,10,14,18,22H,8-9,12H2,1-3H3/t18-/m0/s1. The molecular formula is C20H23N5. The molecule has 1 saturated carbocycles. The van der Waals surface area contributed by atoms with Crippen LogP contribution in [0, 0.1) is 24.2 Å². The Morgan fingerprint density at radius 2 is 2.12 bits per heavy atom. The average molecular weight is 333 g/mol. The Morgan fingerprint density at radius 3 is 2.80 bits per heavy atom. The Kier molecular flexibility index (Phi) is 3.85. The number of likely N-dealkylation sites (N-methyl/N-ethyl adjacent to an activating group) is 1. The second kappa shape index (κ2) is 6.05. The van der Waals surface area contributed by atoms with Crippen LogP contribution in [0.15, 0.2) is 30.3 Å². The summed E-state index contributed by atoms with van der Waals surface area (Å²) in [6.07, 6.45) is 2.64. The van der Waals surface area contributed by atoms with E-state index in [0.29, 0.717) is 11.6 Å². The van der Waals surface area contributed by atoms with Crippen LogP contribution in [-0.2, 0) is 0 Å². The normalized spacial score (nSPS) is 15.6. The van der Waals surface area contributed by atoms with Crippen molar-refractivity contribution in [3.05, 3.63) is 41.5 Å². The van der Waals surface area contributed by atoms with Gasteiger partial charge in [-0.3, -0.25) is 4.40 Å². The Labute approximate surface area is 147 Å². The highest BCUT2D eigenvalue weighted by atomic mass is 15.2. The highest BCUT2D eigenvalue weighted by molar-refractivity contribution is 5.85. The second-order valence-corrected chi connectivity index (χ2v) is 7.21. The van der Waals surface area contributed by atoms with Crippen molar-refractivity contribution in [2.24, 2.45) is 5.92 Å². The fourth-order valence-electron chi connectivity index (χ4n) is 3.68. The quantitative estimate of drug-likeness (QED) is 0.777. The van der Waals surface area contributed by atoms with Crippen LogP contribution in [-0.4, -0.2) is 41.0 Å². The molecule has 0 aliphatic heterocycles. The summed E-state index contributed by atoms with van der Waals surface area (Å²) in [5, 5.41) is 13.2. The van der Waals surface area contributed by atoms with Crippen LogP contribution in [0.25, 0.3) is 16.7 Å². The Morgan fingerprint density at radius 1 is 1.36 bits per heavy atom. The number of nitriles is 1. The molecule has 1 fully saturated rings. The van der Waals surface area contributed by atoms with Crippen LogP contribution in [0.4, 0.5) is 5.82 Å². The number of rotatable bonds is 5. The molecular weight excluding hydrogens is 310 g/mol. The molecule has 0 radical (unpaired) electrons. The lowest BCUT2D eigenvalue weighted by Gasteiger charge is -2.25. The van der Waals surface area contributed by atoms with Crippen LogP contribution >= 0.6 is 0 Å². The molecule has 4 rings (SSSR count). The zero-order valence-electron chi connectivity index (χ0n) is 15.0. The molecule has 5 heteroatoms. The third-order valence-electron chi connectivity index (χ3n) is 5.21. The van der Waals surface area contributed by atoms with Gasteiger partial charge in [-0.05, 0) is 63.5 Å². The van der Waals surface area contributed by atoms with Crippen molar-refractivity contribution in [1.29, 1.82) is 5.26 Å². The van der Waals surface area contributed by atoms with E-state index in [9.17, 15) is 5.26 Å². The number of hydrogen-bond donors (Lipinski definition) is 1. The van der Waals surface area contributed by atoms with Gasteiger partial charge in [0.15, 0.2) is 5.65 Å². The molecule has 1 atom stereocenters. The van der Waals surface area contributed by atoms with E-state index < -0.39 is 0 Å². The van der Waals surface area contributed by atoms with Gasteiger partial charge in [-0.1, -0.05) is 12.1 Å². The summed E-state index contributed by atoms with van der Waals surface area (Å²) in [7, 11) is 4.30. The first-order valence-corrected chi connectivity index (χ1v) is 8.81. The van der Waals surface area contributed by atoms with Crippen molar-refractivity contribution in [2.45, 2.75) is 25.8 Å². The zero-order valence-corrected chi connectivity index (χ0v) is 15.0. The topological polar surface area (TPSA) is 56.4 Å². The van der Waals surface area contributed by atoms with Gasteiger partial charge in [-0.15, -0.1) is 0 Å². The molecule has 128 valence electrons. The Bertz CT molecular complexity index is 973. The first-order chi connectivity index (χ1) is 12.1. The number of fused-ring (bicyclic) bond motifs is 3. The molecule has 1 N–H and O–H groups in total. The number of hydrogen-bond acceptors (Lipinski definition) is 4. The first kappa shape index (κ1) is 15.9. The van der Waals surface area contributed by atoms with Gasteiger partial charge in [0, 0.05) is 12.6 Å².